The van der Waals surface area contributed by atoms with Crippen LogP contribution < -0.4 is 0 Å². The van der Waals surface area contributed by atoms with Gasteiger partial charge < -0.3 is 14.7 Å². The highest BCUT2D eigenvalue weighted by molar-refractivity contribution is 7.07. The molecule has 2 atom stereocenters. The minimum absolute atomic E-state index is 0.152. The Hall–Kier alpha value is -1.40. The normalized spacial score (nSPS) is 23.3. The monoisotopic (exact) mass is 269 g/mol. The van der Waals surface area contributed by atoms with Crippen LogP contribution in [-0.2, 0) is 20.7 Å². The summed E-state index contributed by atoms with van der Waals surface area (Å²) in [7, 11) is 1.54. The van der Waals surface area contributed by atoms with Crippen LogP contribution in [0.25, 0.3) is 0 Å². The second kappa shape index (κ2) is 5.49. The molecule has 2 unspecified atom stereocenters. The molecule has 6 heteroatoms. The molecular formula is C12H15NO4S. The average Bonchev–Trinajstić information content (AvgIpc) is 2.96. The van der Waals surface area contributed by atoms with E-state index >= 15 is 0 Å². The molecule has 5 nitrogen and oxygen atoms in total. The molecule has 0 bridgehead atoms. The number of carboxylic acid groups (broad SMARTS) is 1. The van der Waals surface area contributed by atoms with Crippen LogP contribution in [0.2, 0.25) is 0 Å². The molecular weight excluding hydrogens is 254 g/mol. The number of rotatable bonds is 4. The van der Waals surface area contributed by atoms with Crippen molar-refractivity contribution in [3.8, 4) is 0 Å². The Labute approximate surface area is 109 Å². The largest absolute Gasteiger partial charge is 0.480 e. The molecule has 0 radical (unpaired) electrons. The van der Waals surface area contributed by atoms with Crippen molar-refractivity contribution in [2.24, 2.45) is 0 Å². The fraction of sp³-hybridized carbons (Fsp3) is 0.500. The molecule has 0 saturated carbocycles. The van der Waals surface area contributed by atoms with E-state index in [-0.39, 0.29) is 18.4 Å². The van der Waals surface area contributed by atoms with Crippen molar-refractivity contribution in [3.63, 3.8) is 0 Å². The number of carboxylic acids is 1. The molecule has 2 heterocycles. The Balaban J connectivity index is 2.05. The van der Waals surface area contributed by atoms with Crippen molar-refractivity contribution < 1.29 is 19.4 Å². The Morgan fingerprint density at radius 3 is 2.94 bits per heavy atom. The van der Waals surface area contributed by atoms with Crippen molar-refractivity contribution >= 4 is 23.2 Å². The maximum Gasteiger partial charge on any atom is 0.326 e. The minimum Gasteiger partial charge on any atom is -0.480 e. The first-order valence-electron chi connectivity index (χ1n) is 5.68. The number of thiophene rings is 1. The highest BCUT2D eigenvalue weighted by Crippen LogP contribution is 2.21. The number of amides is 1. The van der Waals surface area contributed by atoms with Gasteiger partial charge in [0.15, 0.2) is 0 Å². The zero-order valence-corrected chi connectivity index (χ0v) is 10.9. The molecule has 1 aromatic rings. The smallest absolute Gasteiger partial charge is 0.326 e. The summed E-state index contributed by atoms with van der Waals surface area (Å²) in [6.45, 7) is 0.358. The van der Waals surface area contributed by atoms with Crippen molar-refractivity contribution in [1.29, 1.82) is 0 Å². The predicted molar refractivity (Wildman–Crippen MR) is 66.6 cm³/mol. The van der Waals surface area contributed by atoms with E-state index in [9.17, 15) is 9.59 Å². The summed E-state index contributed by atoms with van der Waals surface area (Å²) in [6.07, 6.45) is 0.433. The standard InChI is InChI=1S/C12H15NO4S/c1-17-9-5-10(12(15)16)13(6-9)11(14)4-8-2-3-18-7-8/h2-3,7,9-10H,4-6H2,1H3,(H,15,16). The van der Waals surface area contributed by atoms with E-state index in [1.54, 1.807) is 0 Å². The minimum atomic E-state index is -0.965. The predicted octanol–water partition coefficient (Wildman–Crippen LogP) is 0.991. The Morgan fingerprint density at radius 2 is 2.39 bits per heavy atom. The second-order valence-electron chi connectivity index (χ2n) is 4.30. The fourth-order valence-electron chi connectivity index (χ4n) is 2.15. The zero-order valence-electron chi connectivity index (χ0n) is 10.0. The van der Waals surface area contributed by atoms with Crippen LogP contribution in [0.1, 0.15) is 12.0 Å². The zero-order chi connectivity index (χ0) is 13.1. The van der Waals surface area contributed by atoms with Crippen LogP contribution >= 0.6 is 11.3 Å². The first-order valence-corrected chi connectivity index (χ1v) is 6.62. The number of nitrogens with zero attached hydrogens (tertiary/aromatic N) is 1. The van der Waals surface area contributed by atoms with Gasteiger partial charge in [0.05, 0.1) is 12.5 Å². The van der Waals surface area contributed by atoms with Crippen molar-refractivity contribution in [3.05, 3.63) is 22.4 Å². The second-order valence-corrected chi connectivity index (χ2v) is 5.08. The highest BCUT2D eigenvalue weighted by Gasteiger charge is 2.39. The lowest BCUT2D eigenvalue weighted by Crippen LogP contribution is -2.41. The van der Waals surface area contributed by atoms with E-state index in [0.29, 0.717) is 13.0 Å². The number of hydrogen-bond acceptors (Lipinski definition) is 4. The number of aliphatic carboxylic acids is 1. The third-order valence-corrected chi connectivity index (χ3v) is 3.87. The maximum atomic E-state index is 12.1. The van der Waals surface area contributed by atoms with Crippen LogP contribution in [0, 0.1) is 0 Å². The van der Waals surface area contributed by atoms with Crippen LogP contribution in [0.5, 0.6) is 0 Å². The highest BCUT2D eigenvalue weighted by atomic mass is 32.1. The lowest BCUT2D eigenvalue weighted by Gasteiger charge is -2.20. The Bertz CT molecular complexity index is 431. The van der Waals surface area contributed by atoms with Gasteiger partial charge in [-0.25, -0.2) is 4.79 Å². The molecule has 1 aliphatic rings. The summed E-state index contributed by atoms with van der Waals surface area (Å²) >= 11 is 1.52. The van der Waals surface area contributed by atoms with Crippen LogP contribution in [0.15, 0.2) is 16.8 Å². The van der Waals surface area contributed by atoms with E-state index in [2.05, 4.69) is 0 Å². The lowest BCUT2D eigenvalue weighted by molar-refractivity contribution is -0.148. The van der Waals surface area contributed by atoms with Crippen LogP contribution in [0.4, 0.5) is 0 Å². The molecule has 1 fully saturated rings. The molecule has 98 valence electrons. The summed E-state index contributed by atoms with van der Waals surface area (Å²) in [4.78, 5) is 24.6. The molecule has 1 aliphatic heterocycles. The molecule has 1 saturated heterocycles. The third kappa shape index (κ3) is 2.70. The number of hydrogen-bond donors (Lipinski definition) is 1. The molecule has 1 aromatic heterocycles. The van der Waals surface area contributed by atoms with Gasteiger partial charge in [0.1, 0.15) is 6.04 Å². The van der Waals surface area contributed by atoms with Gasteiger partial charge in [-0.1, -0.05) is 0 Å². The van der Waals surface area contributed by atoms with Gasteiger partial charge in [0, 0.05) is 20.1 Å². The summed E-state index contributed by atoms with van der Waals surface area (Å²) in [6, 6.07) is 1.11. The van der Waals surface area contributed by atoms with E-state index in [1.165, 1.54) is 23.3 Å². The summed E-state index contributed by atoms with van der Waals surface area (Å²) in [5.74, 6) is -1.12. The van der Waals surface area contributed by atoms with Gasteiger partial charge in [-0.15, -0.1) is 0 Å². The van der Waals surface area contributed by atoms with Crippen molar-refractivity contribution in [2.75, 3.05) is 13.7 Å². The van der Waals surface area contributed by atoms with Crippen LogP contribution in [-0.4, -0.2) is 47.7 Å². The third-order valence-electron chi connectivity index (χ3n) is 3.14. The quantitative estimate of drug-likeness (QED) is 0.885. The van der Waals surface area contributed by atoms with Gasteiger partial charge in [-0.05, 0) is 22.4 Å². The van der Waals surface area contributed by atoms with E-state index in [0.717, 1.165) is 5.56 Å². The number of methoxy groups -OCH3 is 1. The summed E-state index contributed by atoms with van der Waals surface area (Å²) in [5, 5.41) is 12.9. The maximum absolute atomic E-state index is 12.1. The molecule has 1 amide bonds. The topological polar surface area (TPSA) is 66.8 Å². The van der Waals surface area contributed by atoms with Gasteiger partial charge in [-0.2, -0.15) is 11.3 Å². The van der Waals surface area contributed by atoms with Gasteiger partial charge in [-0.3, -0.25) is 4.79 Å². The number of ether oxygens (including phenoxy) is 1. The van der Waals surface area contributed by atoms with Gasteiger partial charge in [0.2, 0.25) is 5.91 Å². The Kier molecular flexibility index (Phi) is 3.98. The molecule has 18 heavy (non-hydrogen) atoms. The Morgan fingerprint density at radius 1 is 1.61 bits per heavy atom. The molecule has 0 aromatic carbocycles. The van der Waals surface area contributed by atoms with Crippen LogP contribution in [0.3, 0.4) is 0 Å². The van der Waals surface area contributed by atoms with E-state index < -0.39 is 12.0 Å². The van der Waals surface area contributed by atoms with E-state index in [1.807, 2.05) is 16.8 Å². The molecule has 2 rings (SSSR count). The molecule has 1 N–H and O–H groups in total. The van der Waals surface area contributed by atoms with Gasteiger partial charge in [0.25, 0.3) is 0 Å². The molecule has 0 spiro atoms. The van der Waals surface area contributed by atoms with Crippen molar-refractivity contribution in [2.45, 2.75) is 25.0 Å². The summed E-state index contributed by atoms with van der Waals surface area (Å²) in [5.41, 5.74) is 0.926. The first-order chi connectivity index (χ1) is 8.61. The average molecular weight is 269 g/mol. The summed E-state index contributed by atoms with van der Waals surface area (Å²) < 4.78 is 5.15. The first kappa shape index (κ1) is 13.0. The van der Waals surface area contributed by atoms with E-state index in [4.69, 9.17) is 9.84 Å². The SMILES string of the molecule is COC1CC(C(=O)O)N(C(=O)Cc2ccsc2)C1. The van der Waals surface area contributed by atoms with Crippen molar-refractivity contribution in [1.82, 2.24) is 4.90 Å². The number of likely N-dealkylation sites (tertiary alicyclic amines) is 1. The van der Waals surface area contributed by atoms with Gasteiger partial charge >= 0.3 is 5.97 Å². The number of carbonyl (C=O) groups excluding carboxylic acids is 1. The molecule has 0 aliphatic carbocycles. The fourth-order valence-corrected chi connectivity index (χ4v) is 2.82. The number of carbonyl (C=O) groups is 2. The lowest BCUT2D eigenvalue weighted by atomic mass is 10.2.